The molecule has 0 saturated carbocycles. The van der Waals surface area contributed by atoms with Gasteiger partial charge in [0.15, 0.2) is 5.82 Å². The van der Waals surface area contributed by atoms with Gasteiger partial charge in [-0.15, -0.1) is 0 Å². The predicted molar refractivity (Wildman–Crippen MR) is 67.2 cm³/mol. The number of aliphatic hydroxyl groups is 1. The van der Waals surface area contributed by atoms with Crippen molar-refractivity contribution < 1.29 is 5.11 Å². The molecule has 6 heteroatoms. The van der Waals surface area contributed by atoms with Crippen LogP contribution in [0, 0.1) is 5.41 Å². The van der Waals surface area contributed by atoms with Crippen molar-refractivity contribution in [3.8, 4) is 0 Å². The second-order valence-electron chi connectivity index (χ2n) is 4.47. The van der Waals surface area contributed by atoms with E-state index < -0.39 is 5.60 Å². The molecule has 0 aliphatic heterocycles. The largest absolute Gasteiger partial charge is 0.389 e. The maximum atomic E-state index is 9.84. The normalized spacial score (nSPS) is 11.3. The van der Waals surface area contributed by atoms with Crippen LogP contribution in [0.1, 0.15) is 26.5 Å². The Kier molecular flexibility index (Phi) is 4.01. The van der Waals surface area contributed by atoms with Crippen molar-refractivity contribution in [3.05, 3.63) is 18.1 Å². The summed E-state index contributed by atoms with van der Waals surface area (Å²) < 4.78 is 0. The van der Waals surface area contributed by atoms with Crippen LogP contribution in [0.4, 0.5) is 5.82 Å². The number of nitrogens with one attached hydrogen (secondary N) is 1. The fraction of sp³-hybridized carbons (Fsp3) is 0.545. The van der Waals surface area contributed by atoms with Crippen LogP contribution in [0.15, 0.2) is 12.4 Å². The molecule has 1 rings (SSSR count). The van der Waals surface area contributed by atoms with Crippen molar-refractivity contribution in [1.82, 2.24) is 9.97 Å². The van der Waals surface area contributed by atoms with E-state index in [9.17, 15) is 5.11 Å². The summed E-state index contributed by atoms with van der Waals surface area (Å²) in [6, 6.07) is 0. The molecule has 0 bridgehead atoms. The number of anilines is 1. The Morgan fingerprint density at radius 2 is 2.06 bits per heavy atom. The quantitative estimate of drug-likeness (QED) is 0.507. The second kappa shape index (κ2) is 5.09. The highest BCUT2D eigenvalue weighted by Crippen LogP contribution is 2.17. The summed E-state index contributed by atoms with van der Waals surface area (Å²) in [5.41, 5.74) is 4.96. The Hall–Kier alpha value is -1.69. The number of aromatic nitrogens is 2. The lowest BCUT2D eigenvalue weighted by atomic mass is 10.1. The number of nitrogens with two attached hydrogens (primary N) is 1. The van der Waals surface area contributed by atoms with Gasteiger partial charge in [-0.3, -0.25) is 5.41 Å². The Labute approximate surface area is 101 Å². The maximum absolute atomic E-state index is 9.84. The number of hydrogen-bond acceptors (Lipinski definition) is 5. The lowest BCUT2D eigenvalue weighted by Gasteiger charge is -2.29. The minimum absolute atomic E-state index is 0.123. The van der Waals surface area contributed by atoms with Crippen molar-refractivity contribution in [2.75, 3.05) is 18.0 Å². The Balaban J connectivity index is 3.07. The number of amidine groups is 1. The monoisotopic (exact) mass is 237 g/mol. The maximum Gasteiger partial charge on any atom is 0.158 e. The highest BCUT2D eigenvalue weighted by molar-refractivity contribution is 5.97. The van der Waals surface area contributed by atoms with Crippen LogP contribution in [-0.4, -0.2) is 39.6 Å². The molecule has 0 aliphatic carbocycles. The van der Waals surface area contributed by atoms with Crippen molar-refractivity contribution in [3.63, 3.8) is 0 Å². The summed E-state index contributed by atoms with van der Waals surface area (Å²) in [7, 11) is 0. The predicted octanol–water partition coefficient (Wildman–Crippen LogP) is 0.358. The average Bonchev–Trinajstić information content (AvgIpc) is 2.24. The molecule has 0 aromatic carbocycles. The molecule has 1 aromatic rings. The third kappa shape index (κ3) is 3.67. The first kappa shape index (κ1) is 13.4. The zero-order chi connectivity index (χ0) is 13.1. The number of rotatable bonds is 5. The van der Waals surface area contributed by atoms with Crippen molar-refractivity contribution in [2.24, 2.45) is 5.73 Å². The van der Waals surface area contributed by atoms with E-state index >= 15 is 0 Å². The molecule has 0 saturated heterocycles. The van der Waals surface area contributed by atoms with Crippen LogP contribution < -0.4 is 10.6 Å². The molecular weight excluding hydrogens is 218 g/mol. The average molecular weight is 237 g/mol. The molecule has 0 fully saturated rings. The van der Waals surface area contributed by atoms with E-state index in [1.165, 1.54) is 6.20 Å². The molecule has 17 heavy (non-hydrogen) atoms. The van der Waals surface area contributed by atoms with E-state index in [0.717, 1.165) is 0 Å². The van der Waals surface area contributed by atoms with E-state index in [0.29, 0.717) is 24.6 Å². The molecule has 0 radical (unpaired) electrons. The van der Waals surface area contributed by atoms with Crippen LogP contribution in [-0.2, 0) is 0 Å². The van der Waals surface area contributed by atoms with Gasteiger partial charge in [-0.1, -0.05) is 0 Å². The van der Waals surface area contributed by atoms with Gasteiger partial charge in [-0.05, 0) is 20.8 Å². The van der Waals surface area contributed by atoms with Crippen LogP contribution in [0.25, 0.3) is 0 Å². The Morgan fingerprint density at radius 3 is 2.53 bits per heavy atom. The van der Waals surface area contributed by atoms with Gasteiger partial charge in [0.25, 0.3) is 0 Å². The van der Waals surface area contributed by atoms with Crippen LogP contribution in [0.3, 0.4) is 0 Å². The van der Waals surface area contributed by atoms with Gasteiger partial charge in [0.1, 0.15) is 11.5 Å². The molecule has 4 N–H and O–H groups in total. The smallest absolute Gasteiger partial charge is 0.158 e. The van der Waals surface area contributed by atoms with Gasteiger partial charge in [-0.2, -0.15) is 0 Å². The summed E-state index contributed by atoms with van der Waals surface area (Å²) in [5.74, 6) is 0.409. The van der Waals surface area contributed by atoms with Crippen LogP contribution in [0.2, 0.25) is 0 Å². The van der Waals surface area contributed by atoms with E-state index in [2.05, 4.69) is 9.97 Å². The second-order valence-corrected chi connectivity index (χ2v) is 4.47. The summed E-state index contributed by atoms with van der Waals surface area (Å²) >= 11 is 0. The van der Waals surface area contributed by atoms with Gasteiger partial charge in [0.2, 0.25) is 0 Å². The zero-order valence-electron chi connectivity index (χ0n) is 10.4. The minimum Gasteiger partial charge on any atom is -0.389 e. The SMILES string of the molecule is CCN(CC(C)(C)O)c1nccnc1C(=N)N. The number of hydrogen-bond donors (Lipinski definition) is 3. The van der Waals surface area contributed by atoms with Gasteiger partial charge >= 0.3 is 0 Å². The van der Waals surface area contributed by atoms with Crippen molar-refractivity contribution in [2.45, 2.75) is 26.4 Å². The summed E-state index contributed by atoms with van der Waals surface area (Å²) in [4.78, 5) is 10.1. The fourth-order valence-corrected chi connectivity index (χ4v) is 1.56. The first-order chi connectivity index (χ1) is 7.85. The van der Waals surface area contributed by atoms with E-state index in [-0.39, 0.29) is 5.84 Å². The van der Waals surface area contributed by atoms with Gasteiger partial charge in [0.05, 0.1) is 5.60 Å². The lowest BCUT2D eigenvalue weighted by Crippen LogP contribution is -2.40. The van der Waals surface area contributed by atoms with Crippen molar-refractivity contribution >= 4 is 11.7 Å². The zero-order valence-corrected chi connectivity index (χ0v) is 10.4. The Bertz CT molecular complexity index is 399. The van der Waals surface area contributed by atoms with E-state index in [1.807, 2.05) is 11.8 Å². The molecule has 6 nitrogen and oxygen atoms in total. The molecule has 0 spiro atoms. The number of likely N-dealkylation sites (N-methyl/N-ethyl adjacent to an activating group) is 1. The number of nitrogens with zero attached hydrogens (tertiary/aromatic N) is 3. The van der Waals surface area contributed by atoms with Crippen LogP contribution in [0.5, 0.6) is 0 Å². The standard InChI is InChI=1S/C11H19N5O/c1-4-16(7-11(2,3)17)10-8(9(12)13)14-5-6-15-10/h5-6,17H,4,7H2,1-3H3,(H3,12,13). The fourth-order valence-electron chi connectivity index (χ4n) is 1.56. The molecule has 0 unspecified atom stereocenters. The highest BCUT2D eigenvalue weighted by atomic mass is 16.3. The first-order valence-corrected chi connectivity index (χ1v) is 5.48. The molecular formula is C11H19N5O. The third-order valence-electron chi connectivity index (χ3n) is 2.19. The summed E-state index contributed by atoms with van der Waals surface area (Å²) in [6.45, 7) is 6.45. The lowest BCUT2D eigenvalue weighted by molar-refractivity contribution is 0.0874. The molecule has 0 aliphatic rings. The van der Waals surface area contributed by atoms with Gasteiger partial charge in [0, 0.05) is 25.5 Å². The summed E-state index contributed by atoms with van der Waals surface area (Å²) in [6.07, 6.45) is 3.05. The van der Waals surface area contributed by atoms with Gasteiger partial charge < -0.3 is 15.7 Å². The van der Waals surface area contributed by atoms with E-state index in [1.54, 1.807) is 20.0 Å². The highest BCUT2D eigenvalue weighted by Gasteiger charge is 2.21. The molecule has 0 amide bonds. The van der Waals surface area contributed by atoms with Gasteiger partial charge in [-0.25, -0.2) is 9.97 Å². The Morgan fingerprint density at radius 1 is 1.47 bits per heavy atom. The topological polar surface area (TPSA) is 99.1 Å². The minimum atomic E-state index is -0.846. The third-order valence-corrected chi connectivity index (χ3v) is 2.19. The van der Waals surface area contributed by atoms with Crippen LogP contribution >= 0.6 is 0 Å². The molecule has 0 atom stereocenters. The molecule has 1 heterocycles. The summed E-state index contributed by atoms with van der Waals surface area (Å²) in [5, 5.41) is 17.3. The van der Waals surface area contributed by atoms with Crippen molar-refractivity contribution in [1.29, 1.82) is 5.41 Å². The molecule has 1 aromatic heterocycles. The first-order valence-electron chi connectivity index (χ1n) is 5.48. The van der Waals surface area contributed by atoms with E-state index in [4.69, 9.17) is 11.1 Å². The number of nitrogen functional groups attached to an aromatic ring is 1. The molecule has 94 valence electrons.